The molecule has 0 aromatic rings. The van der Waals surface area contributed by atoms with Gasteiger partial charge in [0.2, 0.25) is 5.91 Å². The lowest BCUT2D eigenvalue weighted by molar-refractivity contribution is -0.123. The molecule has 58 heavy (non-hydrogen) atoms. The molecule has 0 heterocycles. The lowest BCUT2D eigenvalue weighted by atomic mass is 10.0. The molecule has 0 aliphatic carbocycles. The van der Waals surface area contributed by atoms with Crippen molar-refractivity contribution in [3.05, 3.63) is 109 Å². The number of unbranched alkanes of at least 4 members (excludes halogenated alkanes) is 19. The van der Waals surface area contributed by atoms with Gasteiger partial charge in [-0.05, 0) is 83.5 Å². The summed E-state index contributed by atoms with van der Waals surface area (Å²) in [6.07, 6.45) is 73.5. The second-order valence-corrected chi connectivity index (χ2v) is 15.8. The highest BCUT2D eigenvalue weighted by Gasteiger charge is 2.17. The highest BCUT2D eigenvalue weighted by atomic mass is 16.3. The van der Waals surface area contributed by atoms with Crippen LogP contribution in [0.5, 0.6) is 0 Å². The second-order valence-electron chi connectivity index (χ2n) is 15.8. The van der Waals surface area contributed by atoms with E-state index in [0.29, 0.717) is 6.42 Å². The number of hydrogen-bond acceptors (Lipinski definition) is 3. The minimum absolute atomic E-state index is 0.110. The smallest absolute Gasteiger partial charge is 0.220 e. The third-order valence-electron chi connectivity index (χ3n) is 10.3. The molecule has 0 rings (SSSR count). The highest BCUT2D eigenvalue weighted by molar-refractivity contribution is 5.76. The average Bonchev–Trinajstić information content (AvgIpc) is 3.23. The molecule has 1 amide bonds. The van der Waals surface area contributed by atoms with Crippen LogP contribution in [0.4, 0.5) is 0 Å². The Labute approximate surface area is 359 Å². The van der Waals surface area contributed by atoms with E-state index in [9.17, 15) is 15.0 Å². The van der Waals surface area contributed by atoms with Crippen molar-refractivity contribution >= 4 is 5.91 Å². The standard InChI is InChI=1S/C54H91NO3/c1-3-5-7-9-11-13-15-17-19-21-23-24-25-26-27-28-29-30-32-34-36-38-40-42-44-46-48-50-54(58)55-52(51-56)53(57)49-47-45-43-41-39-37-35-33-31-22-20-18-16-14-12-10-8-6-4-2/h5,7,11,13,17,19,23-24,26-27,29-30,34,36,40,42,47,49,52-53,56-57H,3-4,6,8-10,12,14-16,18,20-22,25,28,31-33,35,37-39,41,43-46,48,50-51H2,1-2H3,(H,55,58)/b7-5-,13-11-,19-17-,24-23-,27-26-,30-29-,36-34-,42-40-,49-47+. The van der Waals surface area contributed by atoms with Crippen molar-refractivity contribution in [1.82, 2.24) is 5.32 Å². The number of amides is 1. The fraction of sp³-hybridized carbons (Fsp3) is 0.648. The van der Waals surface area contributed by atoms with Gasteiger partial charge in [-0.25, -0.2) is 0 Å². The van der Waals surface area contributed by atoms with Crippen molar-refractivity contribution in [2.45, 2.75) is 219 Å². The molecule has 0 aromatic heterocycles. The van der Waals surface area contributed by atoms with Crippen LogP contribution in [0.1, 0.15) is 206 Å². The van der Waals surface area contributed by atoms with E-state index < -0.39 is 12.1 Å². The second kappa shape index (κ2) is 48.4. The Hall–Kier alpha value is -2.95. The van der Waals surface area contributed by atoms with Gasteiger partial charge in [0.1, 0.15) is 0 Å². The van der Waals surface area contributed by atoms with Gasteiger partial charge in [0.25, 0.3) is 0 Å². The Kier molecular flexibility index (Phi) is 46.0. The van der Waals surface area contributed by atoms with E-state index in [4.69, 9.17) is 0 Å². The summed E-state index contributed by atoms with van der Waals surface area (Å²) < 4.78 is 0. The van der Waals surface area contributed by atoms with Gasteiger partial charge >= 0.3 is 0 Å². The van der Waals surface area contributed by atoms with E-state index in [1.807, 2.05) is 6.08 Å². The summed E-state index contributed by atoms with van der Waals surface area (Å²) in [7, 11) is 0. The molecule has 0 aliphatic heterocycles. The first-order chi connectivity index (χ1) is 28.7. The molecule has 0 aliphatic rings. The number of nitrogens with one attached hydrogen (secondary N) is 1. The first-order valence-electron chi connectivity index (χ1n) is 24.1. The number of aliphatic hydroxyl groups is 2. The monoisotopic (exact) mass is 802 g/mol. The Morgan fingerprint density at radius 3 is 1.14 bits per heavy atom. The largest absolute Gasteiger partial charge is 0.394 e. The molecule has 0 spiro atoms. The zero-order chi connectivity index (χ0) is 42.1. The maximum absolute atomic E-state index is 12.4. The van der Waals surface area contributed by atoms with E-state index in [-0.39, 0.29) is 12.5 Å². The summed E-state index contributed by atoms with van der Waals surface area (Å²) in [5.41, 5.74) is 0. The highest BCUT2D eigenvalue weighted by Crippen LogP contribution is 2.15. The summed E-state index contributed by atoms with van der Waals surface area (Å²) >= 11 is 0. The molecule has 3 N–H and O–H groups in total. The van der Waals surface area contributed by atoms with Gasteiger partial charge in [0, 0.05) is 6.42 Å². The molecule has 0 saturated carbocycles. The molecule has 330 valence electrons. The fourth-order valence-electron chi connectivity index (χ4n) is 6.60. The number of aliphatic hydroxyl groups excluding tert-OH is 2. The number of carbonyl (C=O) groups is 1. The quantitative estimate of drug-likeness (QED) is 0.0425. The predicted molar refractivity (Wildman–Crippen MR) is 257 cm³/mol. The predicted octanol–water partition coefficient (Wildman–Crippen LogP) is 15.6. The van der Waals surface area contributed by atoms with E-state index >= 15 is 0 Å². The van der Waals surface area contributed by atoms with Crippen LogP contribution in [0, 0.1) is 0 Å². The molecular weight excluding hydrogens is 711 g/mol. The molecule has 2 unspecified atom stereocenters. The molecule has 4 heteroatoms. The van der Waals surface area contributed by atoms with Gasteiger partial charge in [-0.1, -0.05) is 226 Å². The summed E-state index contributed by atoms with van der Waals surface area (Å²) in [4.78, 5) is 12.4. The third kappa shape index (κ3) is 44.2. The van der Waals surface area contributed by atoms with Crippen LogP contribution in [0.25, 0.3) is 0 Å². The van der Waals surface area contributed by atoms with Crippen LogP contribution >= 0.6 is 0 Å². The van der Waals surface area contributed by atoms with Gasteiger partial charge in [0.15, 0.2) is 0 Å². The maximum atomic E-state index is 12.4. The van der Waals surface area contributed by atoms with E-state index in [1.54, 1.807) is 6.08 Å². The molecule has 4 nitrogen and oxygen atoms in total. The van der Waals surface area contributed by atoms with Crippen molar-refractivity contribution in [2.24, 2.45) is 0 Å². The van der Waals surface area contributed by atoms with Crippen LogP contribution in [0.2, 0.25) is 0 Å². The first kappa shape index (κ1) is 55.0. The Bertz CT molecular complexity index is 1140. The molecule has 0 saturated heterocycles. The third-order valence-corrected chi connectivity index (χ3v) is 10.3. The maximum Gasteiger partial charge on any atom is 0.220 e. The van der Waals surface area contributed by atoms with Crippen LogP contribution < -0.4 is 5.32 Å². The number of rotatable bonds is 42. The van der Waals surface area contributed by atoms with Crippen molar-refractivity contribution in [2.75, 3.05) is 6.61 Å². The summed E-state index contributed by atoms with van der Waals surface area (Å²) in [6.45, 7) is 4.17. The summed E-state index contributed by atoms with van der Waals surface area (Å²) in [5, 5.41) is 23.0. The lowest BCUT2D eigenvalue weighted by Gasteiger charge is -2.19. The SMILES string of the molecule is CC/C=C\C/C=C\C/C=C\C/C=C\C/C=C\C/C=C\C/C=C\C/C=C\CCCCC(=O)NC(CO)C(O)/C=C/CCCCCCCCCCCCCCCCCCC. The Balaban J connectivity index is 3.72. The molecule has 0 aromatic carbocycles. The Morgan fingerprint density at radius 2 is 0.759 bits per heavy atom. The number of carbonyl (C=O) groups excluding carboxylic acids is 1. The van der Waals surface area contributed by atoms with Crippen LogP contribution in [-0.4, -0.2) is 34.9 Å². The minimum atomic E-state index is -0.866. The average molecular weight is 802 g/mol. The zero-order valence-electron chi connectivity index (χ0n) is 37.8. The van der Waals surface area contributed by atoms with Crippen LogP contribution in [0.15, 0.2) is 109 Å². The number of allylic oxidation sites excluding steroid dienone is 17. The van der Waals surface area contributed by atoms with Crippen LogP contribution in [-0.2, 0) is 4.79 Å². The Morgan fingerprint density at radius 1 is 0.431 bits per heavy atom. The van der Waals surface area contributed by atoms with Crippen molar-refractivity contribution in [1.29, 1.82) is 0 Å². The topological polar surface area (TPSA) is 69.6 Å². The molecule has 0 bridgehead atoms. The van der Waals surface area contributed by atoms with Crippen molar-refractivity contribution in [3.8, 4) is 0 Å². The lowest BCUT2D eigenvalue weighted by Crippen LogP contribution is -2.45. The van der Waals surface area contributed by atoms with Crippen molar-refractivity contribution in [3.63, 3.8) is 0 Å². The molecule has 0 radical (unpaired) electrons. The fourth-order valence-corrected chi connectivity index (χ4v) is 6.60. The summed E-state index contributed by atoms with van der Waals surface area (Å²) in [6, 6.07) is -0.654. The summed E-state index contributed by atoms with van der Waals surface area (Å²) in [5.74, 6) is -0.110. The van der Waals surface area contributed by atoms with E-state index in [2.05, 4.69) is 116 Å². The van der Waals surface area contributed by atoms with Gasteiger partial charge in [-0.2, -0.15) is 0 Å². The van der Waals surface area contributed by atoms with Crippen LogP contribution in [0.3, 0.4) is 0 Å². The van der Waals surface area contributed by atoms with Gasteiger partial charge in [0.05, 0.1) is 18.8 Å². The van der Waals surface area contributed by atoms with Gasteiger partial charge in [-0.15, -0.1) is 0 Å². The molecule has 0 fully saturated rings. The first-order valence-corrected chi connectivity index (χ1v) is 24.1. The van der Waals surface area contributed by atoms with E-state index in [1.165, 1.54) is 103 Å². The zero-order valence-corrected chi connectivity index (χ0v) is 37.8. The molecule has 2 atom stereocenters. The van der Waals surface area contributed by atoms with Gasteiger partial charge in [-0.3, -0.25) is 4.79 Å². The van der Waals surface area contributed by atoms with E-state index in [0.717, 1.165) is 83.5 Å². The molecular formula is C54H91NO3. The minimum Gasteiger partial charge on any atom is -0.394 e. The van der Waals surface area contributed by atoms with Crippen molar-refractivity contribution < 1.29 is 15.0 Å². The number of hydrogen-bond donors (Lipinski definition) is 3. The normalized spacial score (nSPS) is 13.9. The van der Waals surface area contributed by atoms with Gasteiger partial charge < -0.3 is 15.5 Å².